The minimum absolute atomic E-state index is 0.227. The summed E-state index contributed by atoms with van der Waals surface area (Å²) in [6.07, 6.45) is -26.1. The average molecular weight is 415 g/mol. The maximum Gasteiger partial charge on any atom is 0.431 e. The van der Waals surface area contributed by atoms with E-state index in [2.05, 4.69) is 0 Å². The van der Waals surface area contributed by atoms with Gasteiger partial charge >= 0.3 is 24.2 Å². The Morgan fingerprint density at radius 3 is 1.56 bits per heavy atom. The summed E-state index contributed by atoms with van der Waals surface area (Å²) in [7, 11) is 0. The minimum Gasteiger partial charge on any atom is -0.223 e. The normalized spacial score (nSPS) is 15.8. The fourth-order valence-electron chi connectivity index (χ4n) is 1.78. The smallest absolute Gasteiger partial charge is 0.223 e. The molecule has 0 bridgehead atoms. The van der Waals surface area contributed by atoms with Crippen LogP contribution in [0.1, 0.15) is 19.3 Å². The lowest BCUT2D eigenvalue weighted by molar-refractivity contribution is -0.355. The van der Waals surface area contributed by atoms with Crippen molar-refractivity contribution in [1.29, 1.82) is 5.26 Å². The van der Waals surface area contributed by atoms with Gasteiger partial charge in [0, 0.05) is 12.2 Å². The number of halogens is 12. The Labute approximate surface area is 137 Å². The molecule has 0 aliphatic heterocycles. The number of alkyl halides is 12. The van der Waals surface area contributed by atoms with Gasteiger partial charge < -0.3 is 0 Å². The first-order chi connectivity index (χ1) is 10.9. The van der Waals surface area contributed by atoms with Crippen molar-refractivity contribution in [2.45, 2.75) is 49.4 Å². The van der Waals surface area contributed by atoms with Crippen LogP contribution < -0.4 is 0 Å². The molecule has 1 nitrogen and oxygen atoms in total. The summed E-state index contributed by atoms with van der Waals surface area (Å²) in [6.45, 7) is 0. The molecule has 0 radical (unpaired) electrons. The molecule has 0 amide bonds. The molecular weight excluding hydrogens is 406 g/mol. The predicted octanol–water partition coefficient (Wildman–Crippen LogP) is 6.02. The van der Waals surface area contributed by atoms with E-state index in [-0.39, 0.29) is 11.8 Å². The topological polar surface area (TPSA) is 23.8 Å². The number of thiocyanates is 1. The molecule has 0 fully saturated rings. The Morgan fingerprint density at radius 2 is 1.24 bits per heavy atom. The monoisotopic (exact) mass is 415 g/mol. The average Bonchev–Trinajstić information content (AvgIpc) is 2.33. The molecule has 0 saturated carbocycles. The van der Waals surface area contributed by atoms with Gasteiger partial charge in [-0.25, -0.2) is 13.2 Å². The molecule has 0 aromatic heterocycles. The van der Waals surface area contributed by atoms with Crippen LogP contribution in [0.2, 0.25) is 0 Å². The van der Waals surface area contributed by atoms with E-state index in [4.69, 9.17) is 5.26 Å². The number of nitriles is 1. The molecule has 0 saturated heterocycles. The summed E-state index contributed by atoms with van der Waals surface area (Å²) in [4.78, 5) is 0. The fourth-order valence-corrected chi connectivity index (χ4v) is 2.27. The maximum absolute atomic E-state index is 13.5. The highest BCUT2D eigenvalue weighted by Crippen LogP contribution is 2.53. The quantitative estimate of drug-likeness (QED) is 0.289. The van der Waals surface area contributed by atoms with Crippen molar-refractivity contribution in [3.05, 3.63) is 0 Å². The number of hydrogen-bond acceptors (Lipinski definition) is 2. The van der Waals surface area contributed by atoms with Gasteiger partial charge in [-0.1, -0.05) is 0 Å². The molecule has 0 aliphatic rings. The maximum atomic E-state index is 13.5. The molecule has 0 aromatic carbocycles. The highest BCUT2D eigenvalue weighted by atomic mass is 32.2. The van der Waals surface area contributed by atoms with E-state index in [0.29, 0.717) is 0 Å². The molecule has 0 aromatic rings. The van der Waals surface area contributed by atoms with E-state index in [9.17, 15) is 52.7 Å². The van der Waals surface area contributed by atoms with Crippen LogP contribution in [0.3, 0.4) is 0 Å². The Morgan fingerprint density at radius 1 is 0.800 bits per heavy atom. The molecule has 0 aliphatic carbocycles. The van der Waals surface area contributed by atoms with Crippen molar-refractivity contribution in [2.24, 2.45) is 5.92 Å². The van der Waals surface area contributed by atoms with Gasteiger partial charge in [-0.05, 0) is 18.2 Å². The molecule has 0 N–H and O–H groups in total. The Balaban J connectivity index is 5.48. The number of rotatable bonds is 7. The van der Waals surface area contributed by atoms with Crippen LogP contribution in [0.5, 0.6) is 0 Å². The summed E-state index contributed by atoms with van der Waals surface area (Å²) in [5.41, 5.74) is -6.36. The zero-order chi connectivity index (χ0) is 20.3. The highest BCUT2D eigenvalue weighted by molar-refractivity contribution is 8.03. The van der Waals surface area contributed by atoms with E-state index >= 15 is 0 Å². The van der Waals surface area contributed by atoms with Crippen molar-refractivity contribution in [3.63, 3.8) is 0 Å². The first-order valence-corrected chi connectivity index (χ1v) is 7.14. The van der Waals surface area contributed by atoms with Crippen LogP contribution in [-0.4, -0.2) is 35.9 Å². The van der Waals surface area contributed by atoms with Crippen LogP contribution in [0, 0.1) is 16.6 Å². The molecular formula is C11H9F12NS. The minimum atomic E-state index is -6.79. The van der Waals surface area contributed by atoms with Gasteiger partial charge in [0.25, 0.3) is 5.92 Å². The van der Waals surface area contributed by atoms with Crippen molar-refractivity contribution in [1.82, 2.24) is 0 Å². The highest BCUT2D eigenvalue weighted by Gasteiger charge is 2.75. The Kier molecular flexibility index (Phi) is 7.40. The summed E-state index contributed by atoms with van der Waals surface area (Å²) in [6, 6.07) is 0. The lowest BCUT2D eigenvalue weighted by Gasteiger charge is -2.34. The molecule has 14 heteroatoms. The van der Waals surface area contributed by atoms with Gasteiger partial charge in [0.15, 0.2) is 0 Å². The summed E-state index contributed by atoms with van der Waals surface area (Å²) in [5, 5.41) is 9.45. The van der Waals surface area contributed by atoms with Gasteiger partial charge in [0.2, 0.25) is 0 Å². The van der Waals surface area contributed by atoms with Gasteiger partial charge in [-0.2, -0.15) is 44.8 Å². The molecule has 0 heterocycles. The molecule has 1 atom stereocenters. The SMILES string of the molecule is N#CSCCC(CC(F)(F)CC(F)(C(F)(F)F)C(F)(F)F)C(F)(F)F. The van der Waals surface area contributed by atoms with E-state index in [0.717, 1.165) is 0 Å². The van der Waals surface area contributed by atoms with Gasteiger partial charge in [0.05, 0.1) is 12.3 Å². The number of thioether (sulfide) groups is 1. The van der Waals surface area contributed by atoms with E-state index in [1.165, 1.54) is 5.40 Å². The van der Waals surface area contributed by atoms with Crippen molar-refractivity contribution < 1.29 is 52.7 Å². The van der Waals surface area contributed by atoms with Gasteiger partial charge in [0.1, 0.15) is 5.40 Å². The van der Waals surface area contributed by atoms with Crippen molar-refractivity contribution >= 4 is 11.8 Å². The predicted molar refractivity (Wildman–Crippen MR) is 62.4 cm³/mol. The third-order valence-electron chi connectivity index (χ3n) is 3.04. The molecule has 148 valence electrons. The second-order valence-electron chi connectivity index (χ2n) is 5.00. The molecule has 0 spiro atoms. The van der Waals surface area contributed by atoms with Crippen LogP contribution in [0.15, 0.2) is 0 Å². The van der Waals surface area contributed by atoms with E-state index in [1.54, 1.807) is 0 Å². The summed E-state index contributed by atoms with van der Waals surface area (Å²) < 4.78 is 152. The first-order valence-electron chi connectivity index (χ1n) is 6.15. The van der Waals surface area contributed by atoms with Crippen LogP contribution in [0.25, 0.3) is 0 Å². The molecule has 0 rings (SSSR count). The summed E-state index contributed by atoms with van der Waals surface area (Å²) >= 11 is 0.227. The lowest BCUT2D eigenvalue weighted by Crippen LogP contribution is -2.56. The lowest BCUT2D eigenvalue weighted by atomic mass is 9.89. The summed E-state index contributed by atoms with van der Waals surface area (Å²) in [5.74, 6) is -8.90. The standard InChI is InChI=1S/C11H9F12NS/c12-7(13,3-6(9(15,16)17)1-2-25-5-24)4-8(14,10(18,19)20)11(21,22)23/h6H,1-4H2. The molecule has 1 unspecified atom stereocenters. The zero-order valence-electron chi connectivity index (χ0n) is 11.8. The molecule has 25 heavy (non-hydrogen) atoms. The number of nitrogens with zero attached hydrogens (tertiary/aromatic N) is 1. The third-order valence-corrected chi connectivity index (χ3v) is 3.61. The second kappa shape index (κ2) is 7.71. The second-order valence-corrected chi connectivity index (χ2v) is 5.88. The van der Waals surface area contributed by atoms with Crippen LogP contribution >= 0.6 is 11.8 Å². The Bertz CT molecular complexity index is 457. The van der Waals surface area contributed by atoms with Gasteiger partial charge in [-0.15, -0.1) is 0 Å². The zero-order valence-corrected chi connectivity index (χ0v) is 12.6. The fraction of sp³-hybridized carbons (Fsp3) is 0.909. The third kappa shape index (κ3) is 6.67. The van der Waals surface area contributed by atoms with Crippen LogP contribution in [-0.2, 0) is 0 Å². The first kappa shape index (κ1) is 24.0. The Hall–Kier alpha value is -1.00. The number of hydrogen-bond donors (Lipinski definition) is 0. The van der Waals surface area contributed by atoms with E-state index in [1.807, 2.05) is 0 Å². The van der Waals surface area contributed by atoms with Crippen molar-refractivity contribution in [2.75, 3.05) is 5.75 Å². The van der Waals surface area contributed by atoms with Gasteiger partial charge in [-0.3, -0.25) is 0 Å². The van der Waals surface area contributed by atoms with Crippen molar-refractivity contribution in [3.8, 4) is 5.40 Å². The van der Waals surface area contributed by atoms with Crippen LogP contribution in [0.4, 0.5) is 52.7 Å². The largest absolute Gasteiger partial charge is 0.431 e. The van der Waals surface area contributed by atoms with E-state index < -0.39 is 61.1 Å².